The molecule has 0 spiro atoms. The molecule has 4 heteroatoms. The van der Waals surface area contributed by atoms with Crippen LogP contribution in [-0.4, -0.2) is 11.9 Å². The van der Waals surface area contributed by atoms with Crippen molar-refractivity contribution in [1.29, 1.82) is 0 Å². The molecule has 0 aliphatic heterocycles. The Labute approximate surface area is 58.1 Å². The molecular formula is C6H6O4. The summed E-state index contributed by atoms with van der Waals surface area (Å²) in [6.45, 7) is 2.39. The van der Waals surface area contributed by atoms with Gasteiger partial charge in [0.25, 0.3) is 0 Å². The van der Waals surface area contributed by atoms with Crippen LogP contribution in [-0.2, 0) is 19.1 Å². The van der Waals surface area contributed by atoms with Crippen LogP contribution in [0.5, 0.6) is 0 Å². The van der Waals surface area contributed by atoms with E-state index in [1.165, 1.54) is 13.8 Å². The second kappa shape index (κ2) is 4.39. The van der Waals surface area contributed by atoms with Gasteiger partial charge in [0, 0.05) is 13.8 Å². The second-order valence-electron chi connectivity index (χ2n) is 1.39. The normalized spacial score (nSPS) is 7.00. The zero-order valence-corrected chi connectivity index (χ0v) is 5.63. The minimum Gasteiger partial charge on any atom is -0.369 e. The topological polar surface area (TPSA) is 52.6 Å². The lowest BCUT2D eigenvalue weighted by Gasteiger charge is -1.84. The number of esters is 2. The zero-order chi connectivity index (χ0) is 7.98. The third-order valence-corrected chi connectivity index (χ3v) is 0.431. The first-order chi connectivity index (χ1) is 4.63. The molecule has 0 aliphatic rings. The molecule has 10 heavy (non-hydrogen) atoms. The number of ether oxygens (including phenoxy) is 2. The summed E-state index contributed by atoms with van der Waals surface area (Å²) in [6.07, 6.45) is 3.75. The molecular weight excluding hydrogens is 136 g/mol. The van der Waals surface area contributed by atoms with Gasteiger partial charge in [-0.15, -0.1) is 0 Å². The fourth-order valence-electron chi connectivity index (χ4n) is 0.185. The van der Waals surface area contributed by atoms with Gasteiger partial charge in [0.15, 0.2) is 12.2 Å². The first-order valence-electron chi connectivity index (χ1n) is 2.47. The van der Waals surface area contributed by atoms with Crippen LogP contribution in [0.3, 0.4) is 0 Å². The maximum Gasteiger partial charge on any atom is 0.316 e. The molecule has 0 aromatic heterocycles. The van der Waals surface area contributed by atoms with Crippen LogP contribution in [0, 0.1) is 12.2 Å². The van der Waals surface area contributed by atoms with Gasteiger partial charge in [-0.05, 0) is 0 Å². The number of carbonyl (C=O) groups is 2. The van der Waals surface area contributed by atoms with Gasteiger partial charge < -0.3 is 9.47 Å². The highest BCUT2D eigenvalue weighted by molar-refractivity contribution is 5.68. The van der Waals surface area contributed by atoms with Crippen LogP contribution in [0.25, 0.3) is 0 Å². The van der Waals surface area contributed by atoms with E-state index >= 15 is 0 Å². The Balaban J connectivity index is 3.51. The third kappa shape index (κ3) is 6.50. The first-order valence-corrected chi connectivity index (χ1v) is 2.47. The predicted molar refractivity (Wildman–Crippen MR) is 31.3 cm³/mol. The van der Waals surface area contributed by atoms with E-state index in [-0.39, 0.29) is 0 Å². The van der Waals surface area contributed by atoms with E-state index in [2.05, 4.69) is 9.47 Å². The molecule has 0 N–H and O–H groups in total. The molecule has 0 atom stereocenters. The van der Waals surface area contributed by atoms with Crippen molar-refractivity contribution < 1.29 is 19.1 Å². The molecule has 0 amide bonds. The summed E-state index contributed by atoms with van der Waals surface area (Å²) in [5, 5.41) is 0. The van der Waals surface area contributed by atoms with Gasteiger partial charge in [-0.1, -0.05) is 0 Å². The Morgan fingerprint density at radius 1 is 1.00 bits per heavy atom. The summed E-state index contributed by atoms with van der Waals surface area (Å²) in [6, 6.07) is 0. The SMILES string of the molecule is CC(=O)OC#COC(C)=O. The van der Waals surface area contributed by atoms with Gasteiger partial charge in [-0.25, -0.2) is 0 Å². The highest BCUT2D eigenvalue weighted by Gasteiger charge is 1.86. The zero-order valence-electron chi connectivity index (χ0n) is 5.63. The van der Waals surface area contributed by atoms with Crippen molar-refractivity contribution in [3.8, 4) is 12.2 Å². The first kappa shape index (κ1) is 8.50. The molecule has 54 valence electrons. The Morgan fingerprint density at radius 2 is 1.30 bits per heavy atom. The number of rotatable bonds is 0. The van der Waals surface area contributed by atoms with Gasteiger partial charge in [0.2, 0.25) is 0 Å². The maximum absolute atomic E-state index is 10.0. The standard InChI is InChI=1S/C6H6O4/c1-5(7)9-3-4-10-6(2)8/h1-2H3. The maximum atomic E-state index is 10.0. The molecule has 0 saturated heterocycles. The van der Waals surface area contributed by atoms with Crippen molar-refractivity contribution in [2.75, 3.05) is 0 Å². The highest BCUT2D eigenvalue weighted by atomic mass is 16.5. The lowest BCUT2D eigenvalue weighted by molar-refractivity contribution is -0.136. The van der Waals surface area contributed by atoms with Crippen molar-refractivity contribution in [3.05, 3.63) is 0 Å². The Bertz CT molecular complexity index is 176. The predicted octanol–water partition coefficient (Wildman–Crippen LogP) is 0.0310. The summed E-state index contributed by atoms with van der Waals surface area (Å²) in [5.74, 6) is -1.08. The van der Waals surface area contributed by atoms with Gasteiger partial charge in [-0.3, -0.25) is 9.59 Å². The fraction of sp³-hybridized carbons (Fsp3) is 0.333. The largest absolute Gasteiger partial charge is 0.369 e. The van der Waals surface area contributed by atoms with E-state index in [9.17, 15) is 9.59 Å². The fourth-order valence-corrected chi connectivity index (χ4v) is 0.185. The van der Waals surface area contributed by atoms with Crippen molar-refractivity contribution in [2.45, 2.75) is 13.8 Å². The second-order valence-corrected chi connectivity index (χ2v) is 1.39. The van der Waals surface area contributed by atoms with E-state index in [1.54, 1.807) is 0 Å². The minimum absolute atomic E-state index is 0.542. The Hall–Kier alpha value is -1.50. The molecule has 0 aromatic rings. The summed E-state index contributed by atoms with van der Waals surface area (Å²) < 4.78 is 8.23. The van der Waals surface area contributed by atoms with Crippen LogP contribution in [0.4, 0.5) is 0 Å². The summed E-state index contributed by atoms with van der Waals surface area (Å²) >= 11 is 0. The number of hydrogen-bond donors (Lipinski definition) is 0. The monoisotopic (exact) mass is 142 g/mol. The van der Waals surface area contributed by atoms with Crippen molar-refractivity contribution in [3.63, 3.8) is 0 Å². The average Bonchev–Trinajstić information content (AvgIpc) is 1.79. The molecule has 0 unspecified atom stereocenters. The van der Waals surface area contributed by atoms with Gasteiger partial charge >= 0.3 is 11.9 Å². The van der Waals surface area contributed by atoms with E-state index in [0.717, 1.165) is 0 Å². The quantitative estimate of drug-likeness (QED) is 0.353. The highest BCUT2D eigenvalue weighted by Crippen LogP contribution is 1.73. The Kier molecular flexibility index (Phi) is 3.73. The van der Waals surface area contributed by atoms with E-state index in [1.807, 2.05) is 12.2 Å². The molecule has 0 aliphatic carbocycles. The smallest absolute Gasteiger partial charge is 0.316 e. The van der Waals surface area contributed by atoms with E-state index in [4.69, 9.17) is 0 Å². The molecule has 0 rings (SSSR count). The van der Waals surface area contributed by atoms with Gasteiger partial charge in [0.1, 0.15) is 0 Å². The third-order valence-electron chi connectivity index (χ3n) is 0.431. The van der Waals surface area contributed by atoms with Gasteiger partial charge in [-0.2, -0.15) is 0 Å². The van der Waals surface area contributed by atoms with E-state index in [0.29, 0.717) is 0 Å². The lowest BCUT2D eigenvalue weighted by Crippen LogP contribution is -1.93. The molecule has 0 fully saturated rings. The molecule has 4 nitrogen and oxygen atoms in total. The van der Waals surface area contributed by atoms with Crippen LogP contribution < -0.4 is 0 Å². The average molecular weight is 142 g/mol. The van der Waals surface area contributed by atoms with Crippen molar-refractivity contribution >= 4 is 11.9 Å². The summed E-state index contributed by atoms with van der Waals surface area (Å²) in [5.41, 5.74) is 0. The Morgan fingerprint density at radius 3 is 1.50 bits per heavy atom. The number of carbonyl (C=O) groups excluding carboxylic acids is 2. The molecule has 0 heterocycles. The number of hydrogen-bond acceptors (Lipinski definition) is 4. The van der Waals surface area contributed by atoms with E-state index < -0.39 is 11.9 Å². The van der Waals surface area contributed by atoms with Crippen molar-refractivity contribution in [2.24, 2.45) is 0 Å². The van der Waals surface area contributed by atoms with Crippen LogP contribution in [0.2, 0.25) is 0 Å². The summed E-state index contributed by atoms with van der Waals surface area (Å²) in [4.78, 5) is 20.0. The van der Waals surface area contributed by atoms with Crippen molar-refractivity contribution in [1.82, 2.24) is 0 Å². The molecule has 0 saturated carbocycles. The molecule has 0 radical (unpaired) electrons. The molecule has 0 bridgehead atoms. The van der Waals surface area contributed by atoms with Gasteiger partial charge in [0.05, 0.1) is 0 Å². The van der Waals surface area contributed by atoms with Crippen LogP contribution >= 0.6 is 0 Å². The minimum atomic E-state index is -0.542. The lowest BCUT2D eigenvalue weighted by atomic mass is 10.8. The van der Waals surface area contributed by atoms with Crippen LogP contribution in [0.15, 0.2) is 0 Å². The molecule has 0 aromatic carbocycles. The van der Waals surface area contributed by atoms with Crippen LogP contribution in [0.1, 0.15) is 13.8 Å². The summed E-state index contributed by atoms with van der Waals surface area (Å²) in [7, 11) is 0.